The van der Waals surface area contributed by atoms with Crippen molar-refractivity contribution in [2.24, 2.45) is 5.92 Å². The summed E-state index contributed by atoms with van der Waals surface area (Å²) in [6.45, 7) is 4.24. The van der Waals surface area contributed by atoms with Crippen LogP contribution in [0.25, 0.3) is 0 Å². The lowest BCUT2D eigenvalue weighted by Gasteiger charge is -2.04. The van der Waals surface area contributed by atoms with Crippen molar-refractivity contribution in [1.29, 1.82) is 0 Å². The zero-order chi connectivity index (χ0) is 17.6. The van der Waals surface area contributed by atoms with Gasteiger partial charge >= 0.3 is 0 Å². The first kappa shape index (κ1) is 17.7. The summed E-state index contributed by atoms with van der Waals surface area (Å²) in [6.07, 6.45) is 0.797. The lowest BCUT2D eigenvalue weighted by atomic mass is 10.1. The lowest BCUT2D eigenvalue weighted by molar-refractivity contribution is 0.360. The number of rotatable bonds is 8. The highest BCUT2D eigenvalue weighted by molar-refractivity contribution is 8.00. The Morgan fingerprint density at radius 1 is 1.32 bits per heavy atom. The van der Waals surface area contributed by atoms with Gasteiger partial charge in [0.05, 0.1) is 12.9 Å². The van der Waals surface area contributed by atoms with Gasteiger partial charge in [0, 0.05) is 18.2 Å². The molecule has 0 saturated carbocycles. The molecule has 2 heterocycles. The lowest BCUT2D eigenvalue weighted by Crippen LogP contribution is -1.94. The highest BCUT2D eigenvalue weighted by Crippen LogP contribution is 2.30. The summed E-state index contributed by atoms with van der Waals surface area (Å²) in [4.78, 5) is 4.39. The molecule has 25 heavy (non-hydrogen) atoms. The zero-order valence-electron chi connectivity index (χ0n) is 14.2. The van der Waals surface area contributed by atoms with Crippen molar-refractivity contribution < 1.29 is 9.26 Å². The van der Waals surface area contributed by atoms with Crippen LogP contribution in [0.15, 0.2) is 33.1 Å². The fraction of sp³-hybridized carbons (Fsp3) is 0.375. The number of nitrogens with one attached hydrogen (secondary N) is 1. The predicted octanol–water partition coefficient (Wildman–Crippen LogP) is 4.16. The third-order valence-electron chi connectivity index (χ3n) is 3.15. The van der Waals surface area contributed by atoms with Crippen LogP contribution in [0.1, 0.15) is 25.6 Å². The molecule has 1 aromatic carbocycles. The minimum atomic E-state index is 0.495. The van der Waals surface area contributed by atoms with Crippen LogP contribution in [0.2, 0.25) is 0 Å². The monoisotopic (exact) mass is 377 g/mol. The Kier molecular flexibility index (Phi) is 5.87. The maximum Gasteiger partial charge on any atom is 0.226 e. The van der Waals surface area contributed by atoms with E-state index in [1.54, 1.807) is 18.9 Å². The minimum Gasteiger partial charge on any atom is -0.497 e. The van der Waals surface area contributed by atoms with E-state index < -0.39 is 0 Å². The smallest absolute Gasteiger partial charge is 0.226 e. The van der Waals surface area contributed by atoms with Crippen molar-refractivity contribution in [2.45, 2.75) is 30.4 Å². The zero-order valence-corrected chi connectivity index (χ0v) is 15.9. The largest absolute Gasteiger partial charge is 0.497 e. The molecule has 1 N–H and O–H groups in total. The first-order valence-electron chi connectivity index (χ1n) is 7.81. The number of thioether (sulfide) groups is 1. The SMILES string of the molecule is COc1cccc(Nc2nnc(SCc3noc(CC(C)C)n3)s2)c1. The first-order chi connectivity index (χ1) is 12.1. The predicted molar refractivity (Wildman–Crippen MR) is 98.6 cm³/mol. The van der Waals surface area contributed by atoms with Gasteiger partial charge in [0.15, 0.2) is 10.2 Å². The number of benzene rings is 1. The molecular weight excluding hydrogens is 358 g/mol. The second kappa shape index (κ2) is 8.30. The number of ether oxygens (including phenoxy) is 1. The maximum atomic E-state index is 5.24. The van der Waals surface area contributed by atoms with Gasteiger partial charge in [-0.25, -0.2) is 0 Å². The quantitative estimate of drug-likeness (QED) is 0.586. The van der Waals surface area contributed by atoms with E-state index in [2.05, 4.69) is 39.5 Å². The Balaban J connectivity index is 1.55. The number of aromatic nitrogens is 4. The van der Waals surface area contributed by atoms with Crippen molar-refractivity contribution >= 4 is 33.9 Å². The Morgan fingerprint density at radius 2 is 2.20 bits per heavy atom. The molecule has 9 heteroatoms. The molecule has 7 nitrogen and oxygen atoms in total. The van der Waals surface area contributed by atoms with E-state index >= 15 is 0 Å². The third kappa shape index (κ3) is 5.17. The van der Waals surface area contributed by atoms with E-state index in [1.165, 1.54) is 11.3 Å². The number of methoxy groups -OCH3 is 1. The van der Waals surface area contributed by atoms with Crippen molar-refractivity contribution in [3.8, 4) is 5.75 Å². The van der Waals surface area contributed by atoms with Crippen LogP contribution in [0.4, 0.5) is 10.8 Å². The molecule has 0 amide bonds. The average Bonchev–Trinajstić information content (AvgIpc) is 3.22. The summed E-state index contributed by atoms with van der Waals surface area (Å²) in [5.74, 6) is 3.25. The van der Waals surface area contributed by atoms with Crippen LogP contribution in [0, 0.1) is 5.92 Å². The van der Waals surface area contributed by atoms with Crippen LogP contribution < -0.4 is 10.1 Å². The van der Waals surface area contributed by atoms with Crippen molar-refractivity contribution in [3.63, 3.8) is 0 Å². The van der Waals surface area contributed by atoms with Gasteiger partial charge in [-0.15, -0.1) is 10.2 Å². The van der Waals surface area contributed by atoms with Gasteiger partial charge in [-0.3, -0.25) is 0 Å². The van der Waals surface area contributed by atoms with Crippen molar-refractivity contribution in [3.05, 3.63) is 36.0 Å². The average molecular weight is 377 g/mol. The molecule has 0 spiro atoms. The first-order valence-corrected chi connectivity index (χ1v) is 9.61. The molecule has 0 unspecified atom stereocenters. The van der Waals surface area contributed by atoms with Gasteiger partial charge in [0.1, 0.15) is 5.75 Å². The molecule has 0 aliphatic rings. The van der Waals surface area contributed by atoms with Crippen molar-refractivity contribution in [1.82, 2.24) is 20.3 Å². The van der Waals surface area contributed by atoms with Gasteiger partial charge in [-0.2, -0.15) is 4.98 Å². The van der Waals surface area contributed by atoms with Gasteiger partial charge in [-0.05, 0) is 18.1 Å². The molecular formula is C16H19N5O2S2. The topological polar surface area (TPSA) is 86.0 Å². The van der Waals surface area contributed by atoms with E-state index in [1.807, 2.05) is 24.3 Å². The highest BCUT2D eigenvalue weighted by Gasteiger charge is 2.11. The Morgan fingerprint density at radius 3 is 3.00 bits per heavy atom. The number of hydrogen-bond donors (Lipinski definition) is 1. The second-order valence-corrected chi connectivity index (χ2v) is 7.92. The summed E-state index contributed by atoms with van der Waals surface area (Å²) in [5, 5.41) is 16.3. The van der Waals surface area contributed by atoms with Crippen LogP contribution in [-0.2, 0) is 12.2 Å². The van der Waals surface area contributed by atoms with Gasteiger partial charge in [-0.1, -0.05) is 48.2 Å². The van der Waals surface area contributed by atoms with Crippen molar-refractivity contribution in [2.75, 3.05) is 12.4 Å². The molecule has 2 aromatic heterocycles. The minimum absolute atomic E-state index is 0.495. The highest BCUT2D eigenvalue weighted by atomic mass is 32.2. The van der Waals surface area contributed by atoms with E-state index in [4.69, 9.17) is 9.26 Å². The number of anilines is 2. The molecule has 0 fully saturated rings. The maximum absolute atomic E-state index is 5.24. The molecule has 0 atom stereocenters. The second-order valence-electron chi connectivity index (χ2n) is 5.72. The van der Waals surface area contributed by atoms with Crippen LogP contribution in [0.5, 0.6) is 5.75 Å². The number of hydrogen-bond acceptors (Lipinski definition) is 9. The van der Waals surface area contributed by atoms with Gasteiger partial charge in [0.2, 0.25) is 11.0 Å². The summed E-state index contributed by atoms with van der Waals surface area (Å²) in [7, 11) is 1.64. The molecule has 0 radical (unpaired) electrons. The summed E-state index contributed by atoms with van der Waals surface area (Å²) < 4.78 is 11.3. The normalized spacial score (nSPS) is 11.0. The number of nitrogens with zero attached hydrogens (tertiary/aromatic N) is 4. The summed E-state index contributed by atoms with van der Waals surface area (Å²) in [5.41, 5.74) is 0.906. The molecule has 0 bridgehead atoms. The van der Waals surface area contributed by atoms with Crippen LogP contribution >= 0.6 is 23.1 Å². The Hall–Kier alpha value is -2.13. The fourth-order valence-electron chi connectivity index (χ4n) is 2.05. The van der Waals surface area contributed by atoms with Crippen LogP contribution in [0.3, 0.4) is 0 Å². The third-order valence-corrected chi connectivity index (χ3v) is 5.11. The molecule has 0 saturated heterocycles. The van der Waals surface area contributed by atoms with Gasteiger partial charge in [0.25, 0.3) is 0 Å². The molecule has 132 valence electrons. The molecule has 0 aliphatic carbocycles. The summed E-state index contributed by atoms with van der Waals surface area (Å²) >= 11 is 3.02. The molecule has 3 aromatic rings. The van der Waals surface area contributed by atoms with E-state index in [9.17, 15) is 0 Å². The Bertz CT molecular complexity index is 818. The van der Waals surface area contributed by atoms with Crippen LogP contribution in [-0.4, -0.2) is 27.4 Å². The van der Waals surface area contributed by atoms with Gasteiger partial charge < -0.3 is 14.6 Å². The van der Waals surface area contributed by atoms with E-state index in [0.29, 0.717) is 23.4 Å². The van der Waals surface area contributed by atoms with E-state index in [-0.39, 0.29) is 0 Å². The Labute approximate surface area is 154 Å². The standard InChI is InChI=1S/C16H19N5O2S2/c1-10(2)7-14-18-13(21-23-14)9-24-16-20-19-15(25-16)17-11-5-4-6-12(8-11)22-3/h4-6,8,10H,7,9H2,1-3H3,(H,17,19). The molecule has 3 rings (SSSR count). The van der Waals surface area contributed by atoms with E-state index in [0.717, 1.165) is 27.3 Å². The molecule has 0 aliphatic heterocycles. The fourth-order valence-corrected chi connectivity index (χ4v) is 3.67. The summed E-state index contributed by atoms with van der Waals surface area (Å²) in [6, 6.07) is 7.67.